The van der Waals surface area contributed by atoms with Crippen LogP contribution in [0.1, 0.15) is 47.1 Å². The molecular weight excluding hydrogens is 338 g/mol. The number of aromatic nitrogens is 3. The van der Waals surface area contributed by atoms with Crippen LogP contribution in [0, 0.1) is 6.92 Å². The molecular formula is C21H23N5O. The third-order valence-electron chi connectivity index (χ3n) is 4.12. The first-order valence-corrected chi connectivity index (χ1v) is 8.91. The molecule has 0 aliphatic rings. The molecule has 2 N–H and O–H groups in total. The first kappa shape index (κ1) is 18.5. The molecule has 0 saturated heterocycles. The van der Waals surface area contributed by atoms with Crippen molar-refractivity contribution in [1.82, 2.24) is 20.3 Å². The highest BCUT2D eigenvalue weighted by atomic mass is 16.1. The Kier molecular flexibility index (Phi) is 5.76. The average molecular weight is 361 g/mol. The molecule has 3 aromatic rings. The lowest BCUT2D eigenvalue weighted by molar-refractivity contribution is 0.0945. The lowest BCUT2D eigenvalue weighted by Crippen LogP contribution is -2.24. The van der Waals surface area contributed by atoms with Gasteiger partial charge in [-0.15, -0.1) is 0 Å². The first-order valence-electron chi connectivity index (χ1n) is 8.91. The summed E-state index contributed by atoms with van der Waals surface area (Å²) in [6.07, 6.45) is 3.39. The van der Waals surface area contributed by atoms with Crippen LogP contribution in [-0.2, 0) is 6.54 Å². The second-order valence-corrected chi connectivity index (χ2v) is 6.66. The molecule has 2 heterocycles. The molecule has 1 aromatic carbocycles. The van der Waals surface area contributed by atoms with E-state index in [1.807, 2.05) is 31.2 Å². The van der Waals surface area contributed by atoms with Crippen molar-refractivity contribution in [2.24, 2.45) is 0 Å². The predicted molar refractivity (Wildman–Crippen MR) is 106 cm³/mol. The summed E-state index contributed by atoms with van der Waals surface area (Å²) < 4.78 is 0. The van der Waals surface area contributed by atoms with Gasteiger partial charge in [0.15, 0.2) is 0 Å². The van der Waals surface area contributed by atoms with E-state index in [0.717, 1.165) is 16.9 Å². The molecule has 0 radical (unpaired) electrons. The van der Waals surface area contributed by atoms with E-state index in [9.17, 15) is 4.79 Å². The minimum atomic E-state index is -0.240. The molecule has 0 bridgehead atoms. The number of anilines is 2. The van der Waals surface area contributed by atoms with Crippen molar-refractivity contribution in [3.05, 3.63) is 77.4 Å². The van der Waals surface area contributed by atoms with E-state index >= 15 is 0 Å². The average Bonchev–Trinajstić information content (AvgIpc) is 2.67. The number of aryl methyl sites for hydroxylation is 1. The maximum absolute atomic E-state index is 12.4. The van der Waals surface area contributed by atoms with Crippen molar-refractivity contribution < 1.29 is 4.79 Å². The van der Waals surface area contributed by atoms with Crippen molar-refractivity contribution in [3.8, 4) is 0 Å². The fourth-order valence-corrected chi connectivity index (χ4v) is 2.59. The van der Waals surface area contributed by atoms with E-state index in [1.165, 1.54) is 5.56 Å². The molecule has 0 saturated carbocycles. The SMILES string of the molecule is Cc1cc(C(=O)NCc2ccncc2)nc(Nc2ccc(C(C)C)cc2)n1. The zero-order chi connectivity index (χ0) is 19.2. The Morgan fingerprint density at radius 1 is 1.04 bits per heavy atom. The number of carbonyl (C=O) groups excluding carboxylic acids is 1. The molecule has 0 aliphatic heterocycles. The smallest absolute Gasteiger partial charge is 0.270 e. The molecule has 0 spiro atoms. The van der Waals surface area contributed by atoms with E-state index in [2.05, 4.69) is 51.6 Å². The lowest BCUT2D eigenvalue weighted by Gasteiger charge is -2.10. The Labute approximate surface area is 159 Å². The summed E-state index contributed by atoms with van der Waals surface area (Å²) in [5.74, 6) is 0.641. The van der Waals surface area contributed by atoms with Crippen LogP contribution >= 0.6 is 0 Å². The largest absolute Gasteiger partial charge is 0.347 e. The predicted octanol–water partition coefficient (Wildman–Crippen LogP) is 3.98. The summed E-state index contributed by atoms with van der Waals surface area (Å²) in [6.45, 7) is 6.57. The van der Waals surface area contributed by atoms with Crippen molar-refractivity contribution in [2.45, 2.75) is 33.2 Å². The van der Waals surface area contributed by atoms with Crippen molar-refractivity contribution >= 4 is 17.5 Å². The van der Waals surface area contributed by atoms with Gasteiger partial charge in [-0.1, -0.05) is 26.0 Å². The van der Waals surface area contributed by atoms with Crippen LogP contribution in [-0.4, -0.2) is 20.9 Å². The Hall–Kier alpha value is -3.28. The van der Waals surface area contributed by atoms with Crippen molar-refractivity contribution in [2.75, 3.05) is 5.32 Å². The molecule has 138 valence electrons. The third kappa shape index (κ3) is 5.10. The highest BCUT2D eigenvalue weighted by molar-refractivity contribution is 5.92. The summed E-state index contributed by atoms with van der Waals surface area (Å²) in [5.41, 5.74) is 4.18. The normalized spacial score (nSPS) is 10.7. The maximum Gasteiger partial charge on any atom is 0.270 e. The van der Waals surface area contributed by atoms with Crippen LogP contribution in [0.5, 0.6) is 0 Å². The van der Waals surface area contributed by atoms with E-state index in [-0.39, 0.29) is 5.91 Å². The number of rotatable bonds is 6. The number of nitrogens with one attached hydrogen (secondary N) is 2. The van der Waals surface area contributed by atoms with E-state index in [0.29, 0.717) is 24.1 Å². The van der Waals surface area contributed by atoms with Gasteiger partial charge in [0.25, 0.3) is 5.91 Å². The Bertz CT molecular complexity index is 908. The van der Waals surface area contributed by atoms with Gasteiger partial charge >= 0.3 is 0 Å². The van der Waals surface area contributed by atoms with Gasteiger partial charge in [0.1, 0.15) is 5.69 Å². The molecule has 1 amide bonds. The van der Waals surface area contributed by atoms with Gasteiger partial charge in [0.05, 0.1) is 0 Å². The summed E-state index contributed by atoms with van der Waals surface area (Å²) in [5, 5.41) is 6.04. The minimum absolute atomic E-state index is 0.240. The summed E-state index contributed by atoms with van der Waals surface area (Å²) in [6, 6.07) is 13.5. The van der Waals surface area contributed by atoms with Gasteiger partial charge < -0.3 is 10.6 Å². The van der Waals surface area contributed by atoms with E-state index in [4.69, 9.17) is 0 Å². The van der Waals surface area contributed by atoms with Crippen LogP contribution in [0.25, 0.3) is 0 Å². The summed E-state index contributed by atoms with van der Waals surface area (Å²) >= 11 is 0. The number of benzene rings is 1. The Morgan fingerprint density at radius 3 is 2.41 bits per heavy atom. The molecule has 0 aliphatic carbocycles. The third-order valence-corrected chi connectivity index (χ3v) is 4.12. The number of carbonyl (C=O) groups is 1. The van der Waals surface area contributed by atoms with Crippen LogP contribution in [0.3, 0.4) is 0 Å². The van der Waals surface area contributed by atoms with Crippen molar-refractivity contribution in [1.29, 1.82) is 0 Å². The monoisotopic (exact) mass is 361 g/mol. The number of hydrogen-bond donors (Lipinski definition) is 2. The molecule has 0 unspecified atom stereocenters. The summed E-state index contributed by atoms with van der Waals surface area (Å²) in [7, 11) is 0. The lowest BCUT2D eigenvalue weighted by atomic mass is 10.0. The maximum atomic E-state index is 12.4. The molecule has 0 atom stereocenters. The summed E-state index contributed by atoms with van der Waals surface area (Å²) in [4.78, 5) is 25.1. The molecule has 6 nitrogen and oxygen atoms in total. The van der Waals surface area contributed by atoms with Gasteiger partial charge in [-0.2, -0.15) is 0 Å². The highest BCUT2D eigenvalue weighted by Crippen LogP contribution is 2.19. The number of hydrogen-bond acceptors (Lipinski definition) is 5. The standard InChI is InChI=1S/C21H23N5O/c1-14(2)17-4-6-18(7-5-17)25-21-24-15(3)12-19(26-21)20(27)23-13-16-8-10-22-11-9-16/h4-12,14H,13H2,1-3H3,(H,23,27)(H,24,25,26). The molecule has 2 aromatic heterocycles. The molecule has 3 rings (SSSR count). The number of pyridine rings is 1. The fraction of sp³-hybridized carbons (Fsp3) is 0.238. The van der Waals surface area contributed by atoms with E-state index in [1.54, 1.807) is 18.5 Å². The second kappa shape index (κ2) is 8.40. The quantitative estimate of drug-likeness (QED) is 0.694. The molecule has 27 heavy (non-hydrogen) atoms. The van der Waals surface area contributed by atoms with Gasteiger partial charge in [-0.25, -0.2) is 9.97 Å². The van der Waals surface area contributed by atoms with Crippen LogP contribution in [0.4, 0.5) is 11.6 Å². The van der Waals surface area contributed by atoms with Crippen molar-refractivity contribution in [3.63, 3.8) is 0 Å². The van der Waals surface area contributed by atoms with Gasteiger partial charge in [-0.05, 0) is 54.3 Å². The van der Waals surface area contributed by atoms with Gasteiger partial charge in [0.2, 0.25) is 5.95 Å². The van der Waals surface area contributed by atoms with Crippen LogP contribution < -0.4 is 10.6 Å². The number of amides is 1. The molecule has 0 fully saturated rings. The number of nitrogens with zero attached hydrogens (tertiary/aromatic N) is 3. The first-order chi connectivity index (χ1) is 13.0. The van der Waals surface area contributed by atoms with Crippen LogP contribution in [0.15, 0.2) is 54.9 Å². The zero-order valence-electron chi connectivity index (χ0n) is 15.7. The van der Waals surface area contributed by atoms with Gasteiger partial charge in [-0.3, -0.25) is 9.78 Å². The van der Waals surface area contributed by atoms with Gasteiger partial charge in [0, 0.05) is 30.3 Å². The minimum Gasteiger partial charge on any atom is -0.347 e. The Morgan fingerprint density at radius 2 is 1.74 bits per heavy atom. The zero-order valence-corrected chi connectivity index (χ0v) is 15.7. The fourth-order valence-electron chi connectivity index (χ4n) is 2.59. The molecule has 6 heteroatoms. The van der Waals surface area contributed by atoms with E-state index < -0.39 is 0 Å². The topological polar surface area (TPSA) is 79.8 Å². The van der Waals surface area contributed by atoms with Crippen LogP contribution in [0.2, 0.25) is 0 Å². The Balaban J connectivity index is 1.70. The second-order valence-electron chi connectivity index (χ2n) is 6.66. The highest BCUT2D eigenvalue weighted by Gasteiger charge is 2.11.